The summed E-state index contributed by atoms with van der Waals surface area (Å²) in [4.78, 5) is 16.1. The van der Waals surface area contributed by atoms with Gasteiger partial charge in [0.05, 0.1) is 12.8 Å². The monoisotopic (exact) mass is 367 g/mol. The molecule has 0 saturated heterocycles. The number of carbonyl (C=O) groups excluding carboxylic acids is 1. The minimum Gasteiger partial charge on any atom is -0.325 e. The van der Waals surface area contributed by atoms with E-state index in [1.165, 1.54) is 0 Å². The van der Waals surface area contributed by atoms with Gasteiger partial charge in [0.2, 0.25) is 15.9 Å². The zero-order chi connectivity index (χ0) is 17.7. The summed E-state index contributed by atoms with van der Waals surface area (Å²) in [7, 11) is -3.54. The van der Waals surface area contributed by atoms with Crippen LogP contribution in [-0.4, -0.2) is 36.4 Å². The van der Waals surface area contributed by atoms with Gasteiger partial charge in [-0.3, -0.25) is 9.78 Å². The van der Waals surface area contributed by atoms with Crippen molar-refractivity contribution in [3.05, 3.63) is 58.9 Å². The smallest absolute Gasteiger partial charge is 0.239 e. The van der Waals surface area contributed by atoms with Gasteiger partial charge in [-0.15, -0.1) is 0 Å². The number of sulfonamides is 1. The van der Waals surface area contributed by atoms with Crippen LogP contribution in [-0.2, 0) is 21.4 Å². The fourth-order valence-electron chi connectivity index (χ4n) is 2.06. The van der Waals surface area contributed by atoms with E-state index in [0.29, 0.717) is 10.7 Å². The Bertz CT molecular complexity index is 826. The van der Waals surface area contributed by atoms with Crippen molar-refractivity contribution in [3.8, 4) is 0 Å². The lowest BCUT2D eigenvalue weighted by Gasteiger charge is -2.20. The number of carbonyl (C=O) groups is 1. The molecule has 0 spiro atoms. The molecule has 24 heavy (non-hydrogen) atoms. The van der Waals surface area contributed by atoms with Crippen molar-refractivity contribution in [1.82, 2.24) is 9.29 Å². The van der Waals surface area contributed by atoms with Gasteiger partial charge in [-0.2, -0.15) is 4.31 Å². The van der Waals surface area contributed by atoms with E-state index in [1.807, 2.05) is 6.92 Å². The third-order valence-electron chi connectivity index (χ3n) is 3.37. The van der Waals surface area contributed by atoms with E-state index in [-0.39, 0.29) is 13.1 Å². The number of aryl methyl sites for hydroxylation is 1. The van der Waals surface area contributed by atoms with Crippen LogP contribution in [0.4, 0.5) is 5.69 Å². The highest BCUT2D eigenvalue weighted by Crippen LogP contribution is 2.20. The third kappa shape index (κ3) is 5.30. The van der Waals surface area contributed by atoms with Crippen LogP contribution >= 0.6 is 11.6 Å². The standard InChI is InChI=1S/C16H18ClN3O3S/c1-12-3-4-14(17)9-15(12)19-16(21)11-20(24(2,22)23)10-13-5-7-18-8-6-13/h3-9H,10-11H2,1-2H3,(H,19,21). The number of hydrogen-bond acceptors (Lipinski definition) is 4. The molecule has 1 N–H and O–H groups in total. The average Bonchev–Trinajstić information content (AvgIpc) is 2.50. The van der Waals surface area contributed by atoms with Crippen molar-refractivity contribution < 1.29 is 13.2 Å². The van der Waals surface area contributed by atoms with Crippen molar-refractivity contribution in [2.24, 2.45) is 0 Å². The molecule has 1 aromatic carbocycles. The van der Waals surface area contributed by atoms with Gasteiger partial charge in [0.1, 0.15) is 0 Å². The first kappa shape index (κ1) is 18.4. The van der Waals surface area contributed by atoms with Crippen LogP contribution in [0.5, 0.6) is 0 Å². The molecule has 0 radical (unpaired) electrons. The lowest BCUT2D eigenvalue weighted by Crippen LogP contribution is -2.37. The molecular weight excluding hydrogens is 350 g/mol. The van der Waals surface area contributed by atoms with E-state index in [4.69, 9.17) is 11.6 Å². The predicted octanol–water partition coefficient (Wildman–Crippen LogP) is 2.44. The van der Waals surface area contributed by atoms with Crippen LogP contribution in [0.1, 0.15) is 11.1 Å². The number of benzene rings is 1. The second-order valence-corrected chi connectivity index (χ2v) is 7.81. The molecule has 0 saturated carbocycles. The Labute approximate surface area is 146 Å². The molecule has 0 bridgehead atoms. The Morgan fingerprint density at radius 1 is 1.25 bits per heavy atom. The molecule has 1 amide bonds. The van der Waals surface area contributed by atoms with Crippen LogP contribution in [0.3, 0.4) is 0 Å². The second-order valence-electron chi connectivity index (χ2n) is 5.39. The molecule has 0 aliphatic carbocycles. The molecular formula is C16H18ClN3O3S. The zero-order valence-corrected chi connectivity index (χ0v) is 14.9. The topological polar surface area (TPSA) is 79.4 Å². The molecule has 2 aromatic rings. The normalized spacial score (nSPS) is 11.5. The fourth-order valence-corrected chi connectivity index (χ4v) is 2.97. The number of anilines is 1. The first-order chi connectivity index (χ1) is 11.3. The summed E-state index contributed by atoms with van der Waals surface area (Å²) in [5.74, 6) is -0.431. The highest BCUT2D eigenvalue weighted by atomic mass is 35.5. The van der Waals surface area contributed by atoms with Crippen LogP contribution in [0.2, 0.25) is 5.02 Å². The lowest BCUT2D eigenvalue weighted by molar-refractivity contribution is -0.116. The van der Waals surface area contributed by atoms with E-state index < -0.39 is 15.9 Å². The molecule has 0 fully saturated rings. The maximum absolute atomic E-state index is 12.3. The van der Waals surface area contributed by atoms with Crippen LogP contribution in [0.25, 0.3) is 0 Å². The summed E-state index contributed by atoms with van der Waals surface area (Å²) in [6.07, 6.45) is 4.22. The Balaban J connectivity index is 2.12. The number of pyridine rings is 1. The van der Waals surface area contributed by atoms with Gasteiger partial charge in [-0.1, -0.05) is 17.7 Å². The molecule has 0 aliphatic heterocycles. The molecule has 0 atom stereocenters. The van der Waals surface area contributed by atoms with E-state index in [0.717, 1.165) is 21.7 Å². The zero-order valence-electron chi connectivity index (χ0n) is 13.4. The number of nitrogens with zero attached hydrogens (tertiary/aromatic N) is 2. The molecule has 1 heterocycles. The molecule has 6 nitrogen and oxygen atoms in total. The Kier molecular flexibility index (Phi) is 5.93. The first-order valence-electron chi connectivity index (χ1n) is 7.16. The van der Waals surface area contributed by atoms with Gasteiger partial charge in [0.15, 0.2) is 0 Å². The van der Waals surface area contributed by atoms with Crippen LogP contribution in [0.15, 0.2) is 42.7 Å². The van der Waals surface area contributed by atoms with E-state index in [2.05, 4.69) is 10.3 Å². The quantitative estimate of drug-likeness (QED) is 0.850. The number of rotatable bonds is 6. The number of hydrogen-bond donors (Lipinski definition) is 1. The van der Waals surface area contributed by atoms with Gasteiger partial charge in [0, 0.05) is 29.6 Å². The molecule has 0 unspecified atom stereocenters. The minimum atomic E-state index is -3.54. The number of halogens is 1. The maximum Gasteiger partial charge on any atom is 0.239 e. The van der Waals surface area contributed by atoms with Gasteiger partial charge < -0.3 is 5.32 Å². The summed E-state index contributed by atoms with van der Waals surface area (Å²) in [6, 6.07) is 8.54. The minimum absolute atomic E-state index is 0.100. The SMILES string of the molecule is Cc1ccc(Cl)cc1NC(=O)CN(Cc1ccncc1)S(C)(=O)=O. The van der Waals surface area contributed by atoms with Crippen molar-refractivity contribution in [3.63, 3.8) is 0 Å². The van der Waals surface area contributed by atoms with Crippen molar-refractivity contribution >= 4 is 33.2 Å². The summed E-state index contributed by atoms with van der Waals surface area (Å²) in [6.45, 7) is 1.65. The molecule has 2 rings (SSSR count). The highest BCUT2D eigenvalue weighted by Gasteiger charge is 2.21. The van der Waals surface area contributed by atoms with Crippen molar-refractivity contribution in [1.29, 1.82) is 0 Å². The summed E-state index contributed by atoms with van der Waals surface area (Å²) in [5, 5.41) is 3.19. The first-order valence-corrected chi connectivity index (χ1v) is 9.38. The molecule has 128 valence electrons. The summed E-state index contributed by atoms with van der Waals surface area (Å²) < 4.78 is 25.0. The Morgan fingerprint density at radius 2 is 1.92 bits per heavy atom. The van der Waals surface area contributed by atoms with Crippen LogP contribution < -0.4 is 5.32 Å². The molecule has 8 heteroatoms. The highest BCUT2D eigenvalue weighted by molar-refractivity contribution is 7.88. The summed E-state index contributed by atoms with van der Waals surface area (Å²) >= 11 is 5.92. The maximum atomic E-state index is 12.3. The van der Waals surface area contributed by atoms with Gasteiger partial charge in [-0.05, 0) is 42.3 Å². The van der Waals surface area contributed by atoms with E-state index in [1.54, 1.807) is 42.7 Å². The van der Waals surface area contributed by atoms with Gasteiger partial charge in [0.25, 0.3) is 0 Å². The van der Waals surface area contributed by atoms with E-state index in [9.17, 15) is 13.2 Å². The second kappa shape index (κ2) is 7.74. The van der Waals surface area contributed by atoms with Gasteiger partial charge >= 0.3 is 0 Å². The third-order valence-corrected chi connectivity index (χ3v) is 4.80. The number of nitrogens with one attached hydrogen (secondary N) is 1. The fraction of sp³-hybridized carbons (Fsp3) is 0.250. The largest absolute Gasteiger partial charge is 0.325 e. The molecule has 1 aromatic heterocycles. The van der Waals surface area contributed by atoms with Crippen molar-refractivity contribution in [2.75, 3.05) is 18.1 Å². The molecule has 0 aliphatic rings. The number of aromatic nitrogens is 1. The average molecular weight is 368 g/mol. The van der Waals surface area contributed by atoms with Crippen LogP contribution in [0, 0.1) is 6.92 Å². The Hall–Kier alpha value is -1.96. The van der Waals surface area contributed by atoms with E-state index >= 15 is 0 Å². The predicted molar refractivity (Wildman–Crippen MR) is 94.3 cm³/mol. The van der Waals surface area contributed by atoms with Gasteiger partial charge in [-0.25, -0.2) is 8.42 Å². The lowest BCUT2D eigenvalue weighted by atomic mass is 10.2. The Morgan fingerprint density at radius 3 is 2.54 bits per heavy atom. The number of amides is 1. The van der Waals surface area contributed by atoms with Crippen molar-refractivity contribution in [2.45, 2.75) is 13.5 Å². The summed E-state index contributed by atoms with van der Waals surface area (Å²) in [5.41, 5.74) is 2.15.